The van der Waals surface area contributed by atoms with E-state index < -0.39 is 11.4 Å². The van der Waals surface area contributed by atoms with Crippen molar-refractivity contribution in [2.24, 2.45) is 11.3 Å². The molecule has 1 heterocycles. The average molecular weight is 482 g/mol. The molecule has 2 atom stereocenters. The van der Waals surface area contributed by atoms with Gasteiger partial charge in [-0.2, -0.15) is 0 Å². The Hall–Kier alpha value is -2.21. The fraction of sp³-hybridized carbons (Fsp3) is 0.567. The summed E-state index contributed by atoms with van der Waals surface area (Å²) < 4.78 is 11.0. The lowest BCUT2D eigenvalue weighted by Crippen LogP contribution is -2.45. The van der Waals surface area contributed by atoms with Crippen LogP contribution in [0.1, 0.15) is 73.3 Å². The third-order valence-electron chi connectivity index (χ3n) is 7.55. The molecule has 1 fully saturated rings. The van der Waals surface area contributed by atoms with Gasteiger partial charge in [0.1, 0.15) is 0 Å². The SMILES string of the molecule is CCCC(C)(CN1CCC(C(c2cccc(C)c2)c2ccc(COC)cc2COC)CC1)C(=O)O. The van der Waals surface area contributed by atoms with Gasteiger partial charge in [-0.1, -0.05) is 61.4 Å². The maximum atomic E-state index is 12.0. The number of carboxylic acid groups (broad SMARTS) is 1. The molecule has 0 spiro atoms. The Morgan fingerprint density at radius 3 is 2.43 bits per heavy atom. The Kier molecular flexibility index (Phi) is 9.90. The molecule has 1 aliphatic rings. The summed E-state index contributed by atoms with van der Waals surface area (Å²) in [6.45, 7) is 9.77. The first-order valence-electron chi connectivity index (χ1n) is 12.9. The van der Waals surface area contributed by atoms with Crippen LogP contribution in [0.5, 0.6) is 0 Å². The number of likely N-dealkylation sites (tertiary alicyclic amines) is 1. The molecule has 3 rings (SSSR count). The van der Waals surface area contributed by atoms with E-state index in [9.17, 15) is 9.90 Å². The molecule has 192 valence electrons. The molecule has 2 aromatic carbocycles. The second-order valence-corrected chi connectivity index (χ2v) is 10.5. The zero-order chi connectivity index (χ0) is 25.4. The number of hydrogen-bond acceptors (Lipinski definition) is 4. The summed E-state index contributed by atoms with van der Waals surface area (Å²) in [5, 5.41) is 9.85. The van der Waals surface area contributed by atoms with Gasteiger partial charge in [0.05, 0.1) is 18.6 Å². The van der Waals surface area contributed by atoms with Gasteiger partial charge in [-0.05, 0) is 74.4 Å². The van der Waals surface area contributed by atoms with Crippen LogP contribution in [-0.2, 0) is 27.5 Å². The maximum absolute atomic E-state index is 12.0. The highest BCUT2D eigenvalue weighted by Gasteiger charge is 2.37. The molecule has 2 aromatic rings. The topological polar surface area (TPSA) is 59.0 Å². The Labute approximate surface area is 211 Å². The molecule has 1 N–H and O–H groups in total. The number of piperidine rings is 1. The molecule has 0 radical (unpaired) electrons. The number of hydrogen-bond donors (Lipinski definition) is 1. The van der Waals surface area contributed by atoms with Gasteiger partial charge in [0.2, 0.25) is 0 Å². The van der Waals surface area contributed by atoms with E-state index in [0.717, 1.165) is 37.9 Å². The Morgan fingerprint density at radius 1 is 1.11 bits per heavy atom. The number of rotatable bonds is 12. The van der Waals surface area contributed by atoms with E-state index in [1.54, 1.807) is 14.2 Å². The molecule has 35 heavy (non-hydrogen) atoms. The smallest absolute Gasteiger partial charge is 0.310 e. The van der Waals surface area contributed by atoms with Crippen LogP contribution in [0.25, 0.3) is 0 Å². The Bertz CT molecular complexity index is 967. The second kappa shape index (κ2) is 12.7. The predicted octanol–water partition coefficient (Wildman–Crippen LogP) is 6.02. The number of carbonyl (C=O) groups is 1. The van der Waals surface area contributed by atoms with E-state index in [4.69, 9.17) is 9.47 Å². The Balaban J connectivity index is 1.88. The molecule has 0 aliphatic carbocycles. The highest BCUT2D eigenvalue weighted by molar-refractivity contribution is 5.74. The predicted molar refractivity (Wildman–Crippen MR) is 141 cm³/mol. The quantitative estimate of drug-likeness (QED) is 0.402. The molecule has 0 saturated carbocycles. The fourth-order valence-electron chi connectivity index (χ4n) is 5.81. The molecule has 5 nitrogen and oxygen atoms in total. The molecule has 1 saturated heterocycles. The van der Waals surface area contributed by atoms with Crippen molar-refractivity contribution in [2.45, 2.75) is 65.6 Å². The first-order valence-corrected chi connectivity index (χ1v) is 12.9. The van der Waals surface area contributed by atoms with Gasteiger partial charge in [0.25, 0.3) is 0 Å². The highest BCUT2D eigenvalue weighted by atomic mass is 16.5. The van der Waals surface area contributed by atoms with E-state index in [-0.39, 0.29) is 5.92 Å². The minimum Gasteiger partial charge on any atom is -0.481 e. The summed E-state index contributed by atoms with van der Waals surface area (Å²) in [6.07, 6.45) is 3.69. The van der Waals surface area contributed by atoms with Crippen LogP contribution in [0.2, 0.25) is 0 Å². The van der Waals surface area contributed by atoms with Gasteiger partial charge in [-0.15, -0.1) is 0 Å². The lowest BCUT2D eigenvalue weighted by atomic mass is 9.74. The first-order chi connectivity index (χ1) is 16.8. The van der Waals surface area contributed by atoms with E-state index in [2.05, 4.69) is 61.2 Å². The fourth-order valence-corrected chi connectivity index (χ4v) is 5.81. The minimum atomic E-state index is -0.681. The largest absolute Gasteiger partial charge is 0.481 e. The molecule has 1 aliphatic heterocycles. The Morgan fingerprint density at radius 2 is 1.83 bits per heavy atom. The monoisotopic (exact) mass is 481 g/mol. The van der Waals surface area contributed by atoms with Gasteiger partial charge >= 0.3 is 5.97 Å². The van der Waals surface area contributed by atoms with Crippen LogP contribution in [0.4, 0.5) is 0 Å². The number of benzene rings is 2. The molecular formula is C30H43NO4. The van der Waals surface area contributed by atoms with Crippen molar-refractivity contribution in [2.75, 3.05) is 33.9 Å². The van der Waals surface area contributed by atoms with Crippen molar-refractivity contribution >= 4 is 5.97 Å². The average Bonchev–Trinajstić information content (AvgIpc) is 2.82. The molecule has 0 aromatic heterocycles. The number of aliphatic carboxylic acids is 1. The molecule has 5 heteroatoms. The van der Waals surface area contributed by atoms with Gasteiger partial charge in [0, 0.05) is 26.7 Å². The van der Waals surface area contributed by atoms with Gasteiger partial charge in [-0.3, -0.25) is 4.79 Å². The van der Waals surface area contributed by atoms with Gasteiger partial charge in [0.15, 0.2) is 0 Å². The van der Waals surface area contributed by atoms with E-state index in [1.807, 2.05) is 6.92 Å². The standard InChI is InChI=1S/C30H43NO4/c1-6-14-30(3,29(32)33)21-31-15-12-24(13-16-31)28(25-9-7-8-22(2)17-25)27-11-10-23(19-34-4)18-26(27)20-35-5/h7-11,17-18,24,28H,6,12-16,19-21H2,1-5H3,(H,32,33). The van der Waals surface area contributed by atoms with Crippen LogP contribution >= 0.6 is 0 Å². The third kappa shape index (κ3) is 6.93. The first kappa shape index (κ1) is 27.4. The highest BCUT2D eigenvalue weighted by Crippen LogP contribution is 2.41. The van der Waals surface area contributed by atoms with Crippen molar-refractivity contribution in [1.29, 1.82) is 0 Å². The zero-order valence-corrected chi connectivity index (χ0v) is 22.2. The van der Waals surface area contributed by atoms with Crippen molar-refractivity contribution in [3.05, 3.63) is 70.3 Å². The third-order valence-corrected chi connectivity index (χ3v) is 7.55. The van der Waals surface area contributed by atoms with Crippen molar-refractivity contribution in [3.8, 4) is 0 Å². The van der Waals surface area contributed by atoms with Crippen molar-refractivity contribution in [3.63, 3.8) is 0 Å². The second-order valence-electron chi connectivity index (χ2n) is 10.5. The summed E-state index contributed by atoms with van der Waals surface area (Å²) in [5.41, 5.74) is 5.65. The lowest BCUT2D eigenvalue weighted by Gasteiger charge is -2.40. The van der Waals surface area contributed by atoms with E-state index in [0.29, 0.717) is 32.1 Å². The number of nitrogens with zero attached hydrogens (tertiary/aromatic N) is 1. The maximum Gasteiger partial charge on any atom is 0.310 e. The number of methoxy groups -OCH3 is 2. The number of aryl methyl sites for hydroxylation is 1. The summed E-state index contributed by atoms with van der Waals surface area (Å²) >= 11 is 0. The van der Waals surface area contributed by atoms with Crippen LogP contribution < -0.4 is 0 Å². The van der Waals surface area contributed by atoms with Crippen LogP contribution in [0.3, 0.4) is 0 Å². The van der Waals surface area contributed by atoms with Gasteiger partial charge in [-0.25, -0.2) is 0 Å². The van der Waals surface area contributed by atoms with Crippen LogP contribution in [-0.4, -0.2) is 49.8 Å². The van der Waals surface area contributed by atoms with E-state index >= 15 is 0 Å². The summed E-state index contributed by atoms with van der Waals surface area (Å²) in [5.74, 6) is 0.0824. The summed E-state index contributed by atoms with van der Waals surface area (Å²) in [6, 6.07) is 15.6. The van der Waals surface area contributed by atoms with Gasteiger partial charge < -0.3 is 19.5 Å². The van der Waals surface area contributed by atoms with E-state index in [1.165, 1.54) is 22.3 Å². The molecule has 2 unspecified atom stereocenters. The molecule has 0 amide bonds. The minimum absolute atomic E-state index is 0.278. The summed E-state index contributed by atoms with van der Waals surface area (Å²) in [7, 11) is 3.48. The number of ether oxygens (including phenoxy) is 2. The molecular weight excluding hydrogens is 438 g/mol. The zero-order valence-electron chi connectivity index (χ0n) is 22.2. The summed E-state index contributed by atoms with van der Waals surface area (Å²) in [4.78, 5) is 14.4. The normalized spacial score (nSPS) is 17.7. The number of carboxylic acids is 1. The lowest BCUT2D eigenvalue weighted by molar-refractivity contribution is -0.149. The van der Waals surface area contributed by atoms with Crippen LogP contribution in [0.15, 0.2) is 42.5 Å². The van der Waals surface area contributed by atoms with Crippen LogP contribution in [0, 0.1) is 18.3 Å². The molecule has 0 bridgehead atoms. The van der Waals surface area contributed by atoms with Crippen molar-refractivity contribution in [1.82, 2.24) is 4.90 Å². The van der Waals surface area contributed by atoms with Crippen molar-refractivity contribution < 1.29 is 19.4 Å².